The van der Waals surface area contributed by atoms with Gasteiger partial charge in [-0.2, -0.15) is 0 Å². The van der Waals surface area contributed by atoms with Gasteiger partial charge in [0.15, 0.2) is 0 Å². The van der Waals surface area contributed by atoms with Gasteiger partial charge in [-0.1, -0.05) is 18.2 Å². The summed E-state index contributed by atoms with van der Waals surface area (Å²) in [5.74, 6) is -1.73. The molecule has 2 aromatic rings. The number of rotatable bonds is 5. The number of nitrogens with zero attached hydrogens (tertiary/aromatic N) is 1. The van der Waals surface area contributed by atoms with Gasteiger partial charge in [0.25, 0.3) is 5.91 Å². The molecule has 1 N–H and O–H groups in total. The molecule has 0 bridgehead atoms. The number of hydrogen-bond acceptors (Lipinski definition) is 2. The Bertz CT molecular complexity index is 745. The summed E-state index contributed by atoms with van der Waals surface area (Å²) in [7, 11) is 1.55. The lowest BCUT2D eigenvalue weighted by Gasteiger charge is -2.18. The number of nitrogens with one attached hydrogen (secondary N) is 1. The van der Waals surface area contributed by atoms with E-state index in [4.69, 9.17) is 0 Å². The summed E-state index contributed by atoms with van der Waals surface area (Å²) in [5, 5.41) is 2.67. The van der Waals surface area contributed by atoms with Gasteiger partial charge >= 0.3 is 0 Å². The van der Waals surface area contributed by atoms with E-state index >= 15 is 0 Å². The highest BCUT2D eigenvalue weighted by molar-refractivity contribution is 5.94. The van der Waals surface area contributed by atoms with Crippen LogP contribution in [0.15, 0.2) is 42.5 Å². The predicted molar refractivity (Wildman–Crippen MR) is 86.1 cm³/mol. The minimum Gasteiger partial charge on any atom is -0.352 e. The molecular formula is C18H18F2N2O2. The van der Waals surface area contributed by atoms with Gasteiger partial charge < -0.3 is 10.2 Å². The fourth-order valence-electron chi connectivity index (χ4n) is 2.19. The van der Waals surface area contributed by atoms with Crippen LogP contribution in [0.25, 0.3) is 0 Å². The minimum absolute atomic E-state index is 0.0403. The largest absolute Gasteiger partial charge is 0.352 e. The molecule has 0 unspecified atom stereocenters. The first-order valence-corrected chi connectivity index (χ1v) is 7.39. The van der Waals surface area contributed by atoms with Gasteiger partial charge in [-0.3, -0.25) is 9.59 Å². The van der Waals surface area contributed by atoms with E-state index in [-0.39, 0.29) is 23.9 Å². The van der Waals surface area contributed by atoms with Crippen molar-refractivity contribution in [3.05, 3.63) is 70.8 Å². The standard InChI is InChI=1S/C18H18F2N2O2/c1-12(23)21-10-13-3-5-14(6-4-13)18(24)22(2)11-15-7-8-16(19)9-17(15)20/h3-9H,10-11H2,1-2H3,(H,21,23). The molecule has 0 saturated heterocycles. The van der Waals surface area contributed by atoms with E-state index in [1.54, 1.807) is 31.3 Å². The van der Waals surface area contributed by atoms with Crippen LogP contribution < -0.4 is 5.32 Å². The van der Waals surface area contributed by atoms with E-state index in [2.05, 4.69) is 5.32 Å². The van der Waals surface area contributed by atoms with Gasteiger partial charge in [-0.15, -0.1) is 0 Å². The van der Waals surface area contributed by atoms with Gasteiger partial charge in [0.1, 0.15) is 11.6 Å². The van der Waals surface area contributed by atoms with Gasteiger partial charge in [0.05, 0.1) is 0 Å². The molecule has 0 heterocycles. The number of hydrogen-bond donors (Lipinski definition) is 1. The number of carbonyl (C=O) groups is 2. The van der Waals surface area contributed by atoms with Crippen molar-refractivity contribution in [2.24, 2.45) is 0 Å². The summed E-state index contributed by atoms with van der Waals surface area (Å²) < 4.78 is 26.6. The third-order valence-electron chi connectivity index (χ3n) is 3.51. The molecule has 0 spiro atoms. The van der Waals surface area contributed by atoms with E-state index in [1.807, 2.05) is 0 Å². The van der Waals surface area contributed by atoms with E-state index in [0.29, 0.717) is 12.1 Å². The highest BCUT2D eigenvalue weighted by Gasteiger charge is 2.14. The maximum absolute atomic E-state index is 13.7. The van der Waals surface area contributed by atoms with E-state index in [1.165, 1.54) is 17.9 Å². The summed E-state index contributed by atoms with van der Waals surface area (Å²) in [6.07, 6.45) is 0. The Hall–Kier alpha value is -2.76. The molecule has 0 aliphatic carbocycles. The zero-order valence-corrected chi connectivity index (χ0v) is 13.5. The second kappa shape index (κ2) is 7.68. The van der Waals surface area contributed by atoms with Crippen molar-refractivity contribution in [1.82, 2.24) is 10.2 Å². The van der Waals surface area contributed by atoms with Crippen molar-refractivity contribution in [3.63, 3.8) is 0 Å². The van der Waals surface area contributed by atoms with Crippen LogP contribution in [0, 0.1) is 11.6 Å². The van der Waals surface area contributed by atoms with Crippen LogP contribution >= 0.6 is 0 Å². The molecule has 2 amide bonds. The maximum atomic E-state index is 13.7. The second-order valence-electron chi connectivity index (χ2n) is 5.50. The molecule has 126 valence electrons. The molecule has 0 aliphatic rings. The second-order valence-corrected chi connectivity index (χ2v) is 5.50. The average molecular weight is 332 g/mol. The topological polar surface area (TPSA) is 49.4 Å². The zero-order valence-electron chi connectivity index (χ0n) is 13.5. The molecular weight excluding hydrogens is 314 g/mol. The molecule has 0 atom stereocenters. The molecule has 2 aromatic carbocycles. The van der Waals surface area contributed by atoms with Crippen LogP contribution in [-0.2, 0) is 17.9 Å². The normalized spacial score (nSPS) is 10.3. The fraction of sp³-hybridized carbons (Fsp3) is 0.222. The summed E-state index contributed by atoms with van der Waals surface area (Å²) >= 11 is 0. The average Bonchev–Trinajstić information content (AvgIpc) is 2.55. The van der Waals surface area contributed by atoms with Crippen LogP contribution in [0.5, 0.6) is 0 Å². The van der Waals surface area contributed by atoms with Gasteiger partial charge in [0.2, 0.25) is 5.91 Å². The van der Waals surface area contributed by atoms with Crippen molar-refractivity contribution in [3.8, 4) is 0 Å². The quantitative estimate of drug-likeness (QED) is 0.915. The van der Waals surface area contributed by atoms with E-state index < -0.39 is 11.6 Å². The monoisotopic (exact) mass is 332 g/mol. The number of halogens is 2. The van der Waals surface area contributed by atoms with Crippen LogP contribution in [0.3, 0.4) is 0 Å². The van der Waals surface area contributed by atoms with Crippen molar-refractivity contribution in [2.75, 3.05) is 7.05 Å². The molecule has 0 saturated carbocycles. The Kier molecular flexibility index (Phi) is 5.63. The first kappa shape index (κ1) is 17.6. The summed E-state index contributed by atoms with van der Waals surface area (Å²) in [5.41, 5.74) is 1.56. The summed E-state index contributed by atoms with van der Waals surface area (Å²) in [4.78, 5) is 24.6. The Morgan fingerprint density at radius 3 is 2.33 bits per heavy atom. The smallest absolute Gasteiger partial charge is 0.253 e. The predicted octanol–water partition coefficient (Wildman–Crippen LogP) is 2.87. The third kappa shape index (κ3) is 4.62. The fourth-order valence-corrected chi connectivity index (χ4v) is 2.19. The molecule has 0 aliphatic heterocycles. The minimum atomic E-state index is -0.680. The molecule has 0 radical (unpaired) electrons. The van der Waals surface area contributed by atoms with Crippen LogP contribution in [-0.4, -0.2) is 23.8 Å². The van der Waals surface area contributed by atoms with E-state index in [9.17, 15) is 18.4 Å². The Balaban J connectivity index is 2.03. The number of carbonyl (C=O) groups excluding carboxylic acids is 2. The first-order valence-electron chi connectivity index (χ1n) is 7.39. The Morgan fingerprint density at radius 2 is 1.75 bits per heavy atom. The molecule has 0 fully saturated rings. The SMILES string of the molecule is CC(=O)NCc1ccc(C(=O)N(C)Cc2ccc(F)cc2F)cc1. The lowest BCUT2D eigenvalue weighted by Crippen LogP contribution is -2.26. The van der Waals surface area contributed by atoms with Gasteiger partial charge in [-0.25, -0.2) is 8.78 Å². The lowest BCUT2D eigenvalue weighted by atomic mass is 10.1. The number of benzene rings is 2. The van der Waals surface area contributed by atoms with E-state index in [0.717, 1.165) is 17.7 Å². The maximum Gasteiger partial charge on any atom is 0.253 e. The highest BCUT2D eigenvalue weighted by atomic mass is 19.1. The first-order chi connectivity index (χ1) is 11.4. The van der Waals surface area contributed by atoms with Gasteiger partial charge in [0, 0.05) is 44.3 Å². The molecule has 4 nitrogen and oxygen atoms in total. The van der Waals surface area contributed by atoms with Crippen LogP contribution in [0.2, 0.25) is 0 Å². The highest BCUT2D eigenvalue weighted by Crippen LogP contribution is 2.14. The Labute approximate surface area is 139 Å². The summed E-state index contributed by atoms with van der Waals surface area (Å²) in [6, 6.07) is 10.1. The van der Waals surface area contributed by atoms with Crippen LogP contribution in [0.1, 0.15) is 28.4 Å². The molecule has 6 heteroatoms. The van der Waals surface area contributed by atoms with Crippen molar-refractivity contribution >= 4 is 11.8 Å². The third-order valence-corrected chi connectivity index (χ3v) is 3.51. The van der Waals surface area contributed by atoms with Gasteiger partial charge in [-0.05, 0) is 23.8 Å². The number of amides is 2. The molecule has 0 aromatic heterocycles. The lowest BCUT2D eigenvalue weighted by molar-refractivity contribution is -0.119. The summed E-state index contributed by atoms with van der Waals surface area (Å²) in [6.45, 7) is 1.86. The Morgan fingerprint density at radius 1 is 1.08 bits per heavy atom. The van der Waals surface area contributed by atoms with Crippen molar-refractivity contribution < 1.29 is 18.4 Å². The molecule has 2 rings (SSSR count). The zero-order chi connectivity index (χ0) is 17.7. The molecule has 24 heavy (non-hydrogen) atoms. The van der Waals surface area contributed by atoms with Crippen LogP contribution in [0.4, 0.5) is 8.78 Å². The van der Waals surface area contributed by atoms with Crippen molar-refractivity contribution in [2.45, 2.75) is 20.0 Å². The van der Waals surface area contributed by atoms with Crippen molar-refractivity contribution in [1.29, 1.82) is 0 Å².